The predicted molar refractivity (Wildman–Crippen MR) is 192 cm³/mol. The van der Waals surface area contributed by atoms with Gasteiger partial charge in [0.05, 0.1) is 21.7 Å². The SMILES string of the molecule is CC(C)(C)C(=O)/C=C(\O)C(C)(C)C.C[Si](C)(C)c1cc[c-]c(-c2cc(-c3ccccc3)c3cc([Si](C)(C)C)ccc3n2)c1.[Ir]. The Morgan fingerprint density at radius 3 is 1.86 bits per heavy atom. The smallest absolute Gasteiger partial charge is 0.164 e. The normalized spacial score (nSPS) is 12.7. The van der Waals surface area contributed by atoms with Crippen molar-refractivity contribution in [2.75, 3.05) is 0 Å². The molecule has 0 amide bonds. The van der Waals surface area contributed by atoms with E-state index in [1.807, 2.05) is 41.5 Å². The number of rotatable bonds is 5. The van der Waals surface area contributed by atoms with Crippen LogP contribution in [-0.4, -0.2) is 32.0 Å². The van der Waals surface area contributed by atoms with Gasteiger partial charge in [-0.05, 0) is 22.9 Å². The summed E-state index contributed by atoms with van der Waals surface area (Å²) in [7, 11) is -2.81. The summed E-state index contributed by atoms with van der Waals surface area (Å²) in [6.45, 7) is 25.5. The third-order valence-electron chi connectivity index (χ3n) is 7.48. The number of hydrogen-bond donors (Lipinski definition) is 1. The molecule has 0 saturated heterocycles. The zero-order valence-electron chi connectivity index (χ0n) is 28.6. The first-order chi connectivity index (χ1) is 19.7. The van der Waals surface area contributed by atoms with Crippen LogP contribution in [0.5, 0.6) is 0 Å². The molecule has 4 rings (SSSR count). The number of aliphatic hydroxyl groups is 1. The maximum atomic E-state index is 11.5. The number of aromatic nitrogens is 1. The van der Waals surface area contributed by atoms with E-state index in [9.17, 15) is 9.90 Å². The minimum absolute atomic E-state index is 0. The zero-order chi connectivity index (χ0) is 32.4. The molecule has 0 bridgehead atoms. The van der Waals surface area contributed by atoms with Crippen molar-refractivity contribution < 1.29 is 30.0 Å². The Kier molecular flexibility index (Phi) is 12.1. The van der Waals surface area contributed by atoms with Gasteiger partial charge < -0.3 is 5.11 Å². The summed E-state index contributed by atoms with van der Waals surface area (Å²) in [6, 6.07) is 29.8. The summed E-state index contributed by atoms with van der Waals surface area (Å²) in [4.78, 5) is 16.6. The quantitative estimate of drug-likeness (QED) is 0.0948. The van der Waals surface area contributed by atoms with Crippen LogP contribution in [0.1, 0.15) is 41.5 Å². The average Bonchev–Trinajstić information content (AvgIpc) is 2.91. The van der Waals surface area contributed by atoms with Crippen LogP contribution < -0.4 is 10.4 Å². The Labute approximate surface area is 281 Å². The van der Waals surface area contributed by atoms with E-state index in [4.69, 9.17) is 4.98 Å². The fraction of sp³-hybridized carbons (Fsp3) is 0.368. The molecular formula is C38H50IrNO2Si2-. The second-order valence-corrected chi connectivity index (χ2v) is 25.7. The second kappa shape index (κ2) is 14.2. The van der Waals surface area contributed by atoms with Gasteiger partial charge in [-0.25, -0.2) is 0 Å². The van der Waals surface area contributed by atoms with Gasteiger partial charge in [-0.2, -0.15) is 0 Å². The molecule has 1 N–H and O–H groups in total. The van der Waals surface area contributed by atoms with Crippen LogP contribution in [0.3, 0.4) is 0 Å². The van der Waals surface area contributed by atoms with E-state index in [2.05, 4.69) is 118 Å². The van der Waals surface area contributed by atoms with Crippen LogP contribution in [0.2, 0.25) is 39.3 Å². The Bertz CT molecular complexity index is 1620. The minimum Gasteiger partial charge on any atom is -0.512 e. The van der Waals surface area contributed by atoms with Crippen LogP contribution in [-0.2, 0) is 24.9 Å². The number of allylic oxidation sites excluding steroid dienone is 2. The molecule has 6 heteroatoms. The van der Waals surface area contributed by atoms with Gasteiger partial charge in [0.15, 0.2) is 5.78 Å². The summed E-state index contributed by atoms with van der Waals surface area (Å²) in [5, 5.41) is 13.7. The van der Waals surface area contributed by atoms with Gasteiger partial charge >= 0.3 is 0 Å². The summed E-state index contributed by atoms with van der Waals surface area (Å²) in [5.74, 6) is 0.104. The fourth-order valence-electron chi connectivity index (χ4n) is 4.32. The van der Waals surface area contributed by atoms with E-state index in [0.29, 0.717) is 0 Å². The molecule has 237 valence electrons. The molecular weight excluding hydrogens is 751 g/mol. The molecule has 0 aliphatic carbocycles. The maximum Gasteiger partial charge on any atom is 0.164 e. The molecule has 0 spiro atoms. The van der Waals surface area contributed by atoms with E-state index in [1.165, 1.54) is 33.0 Å². The third-order valence-corrected chi connectivity index (χ3v) is 11.6. The van der Waals surface area contributed by atoms with Crippen molar-refractivity contribution >= 4 is 43.2 Å². The molecule has 4 aromatic rings. The van der Waals surface area contributed by atoms with Crippen molar-refractivity contribution in [2.45, 2.75) is 80.8 Å². The largest absolute Gasteiger partial charge is 0.512 e. The molecule has 44 heavy (non-hydrogen) atoms. The Hall–Kier alpha value is -2.64. The van der Waals surface area contributed by atoms with E-state index in [-0.39, 0.29) is 37.1 Å². The third kappa shape index (κ3) is 9.93. The maximum absolute atomic E-state index is 11.5. The van der Waals surface area contributed by atoms with E-state index >= 15 is 0 Å². The molecule has 3 nitrogen and oxygen atoms in total. The van der Waals surface area contributed by atoms with Crippen molar-refractivity contribution in [3.05, 3.63) is 90.7 Å². The van der Waals surface area contributed by atoms with Crippen molar-refractivity contribution in [1.29, 1.82) is 0 Å². The van der Waals surface area contributed by atoms with Crippen LogP contribution in [0.4, 0.5) is 0 Å². The number of carbonyl (C=O) groups excluding carboxylic acids is 1. The van der Waals surface area contributed by atoms with E-state index < -0.39 is 21.6 Å². The average molecular weight is 801 g/mol. The Morgan fingerprint density at radius 2 is 1.34 bits per heavy atom. The molecule has 0 saturated carbocycles. The standard InChI is InChI=1S/C27H30NSi2.C11H20O2.Ir/c1-29(2,3)22-14-10-13-21(17-22)27-19-24(20-11-8-7-9-12-20)25-18-23(30(4,5)6)15-16-26(25)28-27;1-10(2,3)8(12)7-9(13)11(4,5)6;/h7-12,14-19H,1-6H3;7,12H,1-6H3;/q-1;;/b;8-7-;. The van der Waals surface area contributed by atoms with Gasteiger partial charge in [0.25, 0.3) is 0 Å². The van der Waals surface area contributed by atoms with Crippen molar-refractivity contribution in [3.63, 3.8) is 0 Å². The first-order valence-corrected chi connectivity index (χ1v) is 22.2. The van der Waals surface area contributed by atoms with Gasteiger partial charge in [0.1, 0.15) is 5.76 Å². The summed E-state index contributed by atoms with van der Waals surface area (Å²) in [6.07, 6.45) is 1.33. The molecule has 0 aliphatic heterocycles. The van der Waals surface area contributed by atoms with Crippen molar-refractivity contribution in [3.8, 4) is 22.4 Å². The molecule has 3 aromatic carbocycles. The van der Waals surface area contributed by atoms with Crippen molar-refractivity contribution in [2.24, 2.45) is 10.8 Å². The molecule has 0 atom stereocenters. The minimum atomic E-state index is -1.41. The summed E-state index contributed by atoms with van der Waals surface area (Å²) >= 11 is 0. The molecule has 0 unspecified atom stereocenters. The Morgan fingerprint density at radius 1 is 0.773 bits per heavy atom. The molecule has 0 aliphatic rings. The van der Waals surface area contributed by atoms with Crippen molar-refractivity contribution in [1.82, 2.24) is 4.98 Å². The summed E-state index contributed by atoms with van der Waals surface area (Å²) < 4.78 is 0. The van der Waals surface area contributed by atoms with E-state index in [0.717, 1.165) is 16.8 Å². The zero-order valence-corrected chi connectivity index (χ0v) is 33.0. The molecule has 1 heterocycles. The number of pyridine rings is 1. The second-order valence-electron chi connectivity index (χ2n) is 15.5. The van der Waals surface area contributed by atoms with Crippen LogP contribution in [0.15, 0.2) is 84.6 Å². The number of aliphatic hydroxyl groups excluding tert-OH is 1. The number of hydrogen-bond acceptors (Lipinski definition) is 3. The monoisotopic (exact) mass is 801 g/mol. The first kappa shape index (κ1) is 37.5. The van der Waals surface area contributed by atoms with Crippen LogP contribution in [0.25, 0.3) is 33.3 Å². The van der Waals surface area contributed by atoms with E-state index in [1.54, 1.807) is 0 Å². The topological polar surface area (TPSA) is 50.2 Å². The number of carbonyl (C=O) groups is 1. The van der Waals surface area contributed by atoms with Gasteiger partial charge in [0.2, 0.25) is 0 Å². The molecule has 1 aromatic heterocycles. The molecule has 0 fully saturated rings. The number of fused-ring (bicyclic) bond motifs is 1. The van der Waals surface area contributed by atoms with Crippen LogP contribution >= 0.6 is 0 Å². The van der Waals surface area contributed by atoms with Crippen LogP contribution in [0, 0.1) is 16.9 Å². The predicted octanol–water partition coefficient (Wildman–Crippen LogP) is 9.55. The molecule has 1 radical (unpaired) electrons. The Balaban J connectivity index is 0.000000412. The first-order valence-electron chi connectivity index (χ1n) is 15.2. The van der Waals surface area contributed by atoms with Gasteiger partial charge in [-0.3, -0.25) is 9.78 Å². The van der Waals surface area contributed by atoms with Gasteiger partial charge in [-0.1, -0.05) is 135 Å². The number of benzene rings is 3. The van der Waals surface area contributed by atoms with Gasteiger partial charge in [-0.15, -0.1) is 35.0 Å². The van der Waals surface area contributed by atoms with Gasteiger partial charge in [0, 0.05) is 42.4 Å². The fourth-order valence-corrected chi connectivity index (χ4v) is 6.65. The number of ketones is 1. The number of nitrogens with zero attached hydrogens (tertiary/aromatic N) is 1. The summed E-state index contributed by atoms with van der Waals surface area (Å²) in [5.41, 5.74) is 4.87.